The molecule has 0 N–H and O–H groups in total. The smallest absolute Gasteiger partial charge is 0.267 e. The van der Waals surface area contributed by atoms with Crippen LogP contribution in [-0.4, -0.2) is 36.8 Å². The second-order valence-electron chi connectivity index (χ2n) is 4.69. The van der Waals surface area contributed by atoms with Crippen LogP contribution in [0, 0.1) is 0 Å². The fourth-order valence-electron chi connectivity index (χ4n) is 2.07. The summed E-state index contributed by atoms with van der Waals surface area (Å²) in [6, 6.07) is 11.3. The van der Waals surface area contributed by atoms with Crippen LogP contribution < -0.4 is 18.5 Å². The van der Waals surface area contributed by atoms with E-state index in [1.165, 1.54) is 37.7 Å². The largest absolute Gasteiger partial charge is 0.497 e. The van der Waals surface area contributed by atoms with Gasteiger partial charge in [-0.2, -0.15) is 0 Å². The molecule has 0 aromatic heterocycles. The third kappa shape index (κ3) is 3.34. The lowest BCUT2D eigenvalue weighted by Crippen LogP contribution is -2.26. The molecule has 2 aromatic carbocycles. The van der Waals surface area contributed by atoms with E-state index < -0.39 is 10.0 Å². The summed E-state index contributed by atoms with van der Waals surface area (Å²) in [5.74, 6) is 1.40. The van der Waals surface area contributed by atoms with Crippen molar-refractivity contribution in [3.63, 3.8) is 0 Å². The van der Waals surface area contributed by atoms with E-state index in [4.69, 9.17) is 14.2 Å². The van der Waals surface area contributed by atoms with Gasteiger partial charge in [0, 0.05) is 13.1 Å². The Balaban J connectivity index is 2.44. The maximum Gasteiger partial charge on any atom is 0.267 e. The second-order valence-corrected chi connectivity index (χ2v) is 6.63. The molecule has 0 bridgehead atoms. The quantitative estimate of drug-likeness (QED) is 0.810. The molecule has 0 aliphatic heterocycles. The molecule has 23 heavy (non-hydrogen) atoms. The van der Waals surface area contributed by atoms with Crippen LogP contribution in [0.4, 0.5) is 5.69 Å². The number of hydrogen-bond acceptors (Lipinski definition) is 5. The number of hydrogen-bond donors (Lipinski definition) is 0. The van der Waals surface area contributed by atoms with Crippen molar-refractivity contribution in [2.45, 2.75) is 4.90 Å². The predicted octanol–water partition coefficient (Wildman–Crippen LogP) is 2.54. The molecular weight excluding hydrogens is 318 g/mol. The normalized spacial score (nSPS) is 11.0. The zero-order valence-electron chi connectivity index (χ0n) is 13.4. The van der Waals surface area contributed by atoms with E-state index in [9.17, 15) is 8.42 Å². The van der Waals surface area contributed by atoms with E-state index in [0.29, 0.717) is 17.2 Å². The van der Waals surface area contributed by atoms with Gasteiger partial charge in [-0.1, -0.05) is 0 Å². The van der Waals surface area contributed by atoms with Gasteiger partial charge in [-0.05, 0) is 36.4 Å². The second kappa shape index (κ2) is 6.78. The first-order valence-corrected chi connectivity index (χ1v) is 8.23. The minimum atomic E-state index is -3.77. The van der Waals surface area contributed by atoms with Gasteiger partial charge in [0.1, 0.15) is 22.1 Å². The molecule has 0 aliphatic carbocycles. The van der Waals surface area contributed by atoms with Gasteiger partial charge in [0.25, 0.3) is 10.0 Å². The third-order valence-electron chi connectivity index (χ3n) is 3.45. The molecule has 0 radical (unpaired) electrons. The van der Waals surface area contributed by atoms with Crippen LogP contribution in [0.25, 0.3) is 0 Å². The van der Waals surface area contributed by atoms with Crippen LogP contribution in [0.5, 0.6) is 17.2 Å². The number of ether oxygens (including phenoxy) is 3. The molecule has 0 fully saturated rings. The maximum absolute atomic E-state index is 12.8. The highest BCUT2D eigenvalue weighted by molar-refractivity contribution is 7.92. The Bertz CT molecular complexity index is 772. The summed E-state index contributed by atoms with van der Waals surface area (Å²) in [7, 11) is 2.20. The van der Waals surface area contributed by atoms with Crippen LogP contribution >= 0.6 is 0 Å². The van der Waals surface area contributed by atoms with Gasteiger partial charge in [-0.25, -0.2) is 8.42 Å². The van der Waals surface area contributed by atoms with Gasteiger partial charge < -0.3 is 14.2 Å². The molecule has 2 aromatic rings. The first-order chi connectivity index (χ1) is 10.9. The predicted molar refractivity (Wildman–Crippen MR) is 88.1 cm³/mol. The highest BCUT2D eigenvalue weighted by Crippen LogP contribution is 2.32. The summed E-state index contributed by atoms with van der Waals surface area (Å²) >= 11 is 0. The number of sulfonamides is 1. The van der Waals surface area contributed by atoms with Crippen LogP contribution in [0.3, 0.4) is 0 Å². The van der Waals surface area contributed by atoms with Crippen LogP contribution in [0.1, 0.15) is 0 Å². The van der Waals surface area contributed by atoms with Crippen molar-refractivity contribution in [3.05, 3.63) is 42.5 Å². The average molecular weight is 337 g/mol. The lowest BCUT2D eigenvalue weighted by atomic mass is 10.3. The SMILES string of the molecule is COc1ccc(N(C)S(=O)(=O)c2ccc(OC)cc2OC)cc1. The zero-order valence-corrected chi connectivity index (χ0v) is 14.3. The Labute approximate surface area is 136 Å². The number of anilines is 1. The van der Waals surface area contributed by atoms with Crippen molar-refractivity contribution in [1.82, 2.24) is 0 Å². The van der Waals surface area contributed by atoms with Crippen molar-refractivity contribution in [3.8, 4) is 17.2 Å². The van der Waals surface area contributed by atoms with E-state index in [-0.39, 0.29) is 10.6 Å². The van der Waals surface area contributed by atoms with Crippen molar-refractivity contribution < 1.29 is 22.6 Å². The molecule has 0 amide bonds. The van der Waals surface area contributed by atoms with E-state index in [0.717, 1.165) is 0 Å². The summed E-state index contributed by atoms with van der Waals surface area (Å²) in [6.07, 6.45) is 0. The molecule has 0 saturated heterocycles. The molecule has 0 saturated carbocycles. The monoisotopic (exact) mass is 337 g/mol. The van der Waals surface area contributed by atoms with Crippen LogP contribution in [-0.2, 0) is 10.0 Å². The van der Waals surface area contributed by atoms with Gasteiger partial charge >= 0.3 is 0 Å². The first-order valence-electron chi connectivity index (χ1n) is 6.79. The Morgan fingerprint density at radius 3 is 1.91 bits per heavy atom. The summed E-state index contributed by atoms with van der Waals surface area (Å²) < 4.78 is 42.2. The lowest BCUT2D eigenvalue weighted by molar-refractivity contribution is 0.386. The standard InChI is InChI=1S/C16H19NO5S/c1-17(12-5-7-13(20-2)8-6-12)23(18,19)16-10-9-14(21-3)11-15(16)22-4/h5-11H,1-4H3. The number of nitrogens with zero attached hydrogens (tertiary/aromatic N) is 1. The molecule has 0 aliphatic rings. The molecule has 7 heteroatoms. The van der Waals surface area contributed by atoms with E-state index in [2.05, 4.69) is 0 Å². The zero-order chi connectivity index (χ0) is 17.0. The summed E-state index contributed by atoms with van der Waals surface area (Å²) in [5.41, 5.74) is 0.517. The molecule has 0 heterocycles. The number of methoxy groups -OCH3 is 3. The molecule has 0 spiro atoms. The Morgan fingerprint density at radius 1 is 0.826 bits per heavy atom. The van der Waals surface area contributed by atoms with Crippen LogP contribution in [0.15, 0.2) is 47.4 Å². The minimum absolute atomic E-state index is 0.0686. The van der Waals surface area contributed by atoms with Crippen molar-refractivity contribution in [2.75, 3.05) is 32.7 Å². The molecular formula is C16H19NO5S. The van der Waals surface area contributed by atoms with Gasteiger partial charge in [-0.15, -0.1) is 0 Å². The molecule has 0 unspecified atom stereocenters. The minimum Gasteiger partial charge on any atom is -0.497 e. The van der Waals surface area contributed by atoms with Gasteiger partial charge in [0.2, 0.25) is 0 Å². The highest BCUT2D eigenvalue weighted by Gasteiger charge is 2.25. The highest BCUT2D eigenvalue weighted by atomic mass is 32.2. The van der Waals surface area contributed by atoms with Crippen molar-refractivity contribution in [1.29, 1.82) is 0 Å². The average Bonchev–Trinajstić information content (AvgIpc) is 2.60. The summed E-state index contributed by atoms with van der Waals surface area (Å²) in [6.45, 7) is 0. The fraction of sp³-hybridized carbons (Fsp3) is 0.250. The van der Waals surface area contributed by atoms with Gasteiger partial charge in [0.05, 0.1) is 27.0 Å². The van der Waals surface area contributed by atoms with E-state index in [1.807, 2.05) is 0 Å². The Hall–Kier alpha value is -2.41. The van der Waals surface area contributed by atoms with Crippen molar-refractivity contribution in [2.24, 2.45) is 0 Å². The Kier molecular flexibility index (Phi) is 5.00. The lowest BCUT2D eigenvalue weighted by Gasteiger charge is -2.21. The van der Waals surface area contributed by atoms with E-state index >= 15 is 0 Å². The summed E-state index contributed by atoms with van der Waals surface area (Å²) in [4.78, 5) is 0.0686. The fourth-order valence-corrected chi connectivity index (χ4v) is 3.40. The van der Waals surface area contributed by atoms with Gasteiger partial charge in [0.15, 0.2) is 0 Å². The Morgan fingerprint density at radius 2 is 1.39 bits per heavy atom. The summed E-state index contributed by atoms with van der Waals surface area (Å²) in [5, 5.41) is 0. The maximum atomic E-state index is 12.8. The first kappa shape index (κ1) is 17.0. The topological polar surface area (TPSA) is 65.1 Å². The van der Waals surface area contributed by atoms with Gasteiger partial charge in [-0.3, -0.25) is 4.31 Å². The number of benzene rings is 2. The third-order valence-corrected chi connectivity index (χ3v) is 5.27. The molecule has 6 nitrogen and oxygen atoms in total. The van der Waals surface area contributed by atoms with Crippen LogP contribution in [0.2, 0.25) is 0 Å². The molecule has 124 valence electrons. The number of rotatable bonds is 6. The van der Waals surface area contributed by atoms with Crippen molar-refractivity contribution >= 4 is 15.7 Å². The molecule has 2 rings (SSSR count). The van der Waals surface area contributed by atoms with E-state index in [1.54, 1.807) is 37.4 Å². The molecule has 0 atom stereocenters.